The van der Waals surface area contributed by atoms with Crippen molar-refractivity contribution in [3.8, 4) is 17.2 Å². The second-order valence-electron chi connectivity index (χ2n) is 6.21. The first kappa shape index (κ1) is 16.9. The van der Waals surface area contributed by atoms with Gasteiger partial charge in [-0.2, -0.15) is 4.99 Å². The van der Waals surface area contributed by atoms with E-state index in [1.165, 1.54) is 11.3 Å². The van der Waals surface area contributed by atoms with E-state index in [4.69, 9.17) is 18.6 Å². The van der Waals surface area contributed by atoms with Crippen LogP contribution in [0.5, 0.6) is 17.2 Å². The van der Waals surface area contributed by atoms with Crippen LogP contribution in [0.25, 0.3) is 21.2 Å². The summed E-state index contributed by atoms with van der Waals surface area (Å²) in [6.45, 7) is 2.90. The van der Waals surface area contributed by atoms with Crippen LogP contribution in [-0.2, 0) is 6.54 Å². The Kier molecular flexibility index (Phi) is 3.87. The SMILES string of the molecule is CCn1c(=NC(=O)c2cc3cccc(OC)c3o2)sc2cc3c(cc21)OCO3. The summed E-state index contributed by atoms with van der Waals surface area (Å²) in [6.07, 6.45) is 0. The molecule has 0 radical (unpaired) electrons. The van der Waals surface area contributed by atoms with Gasteiger partial charge in [0.1, 0.15) is 0 Å². The highest BCUT2D eigenvalue weighted by Gasteiger charge is 2.19. The van der Waals surface area contributed by atoms with E-state index in [0.717, 1.165) is 15.6 Å². The van der Waals surface area contributed by atoms with Crippen LogP contribution in [0.15, 0.2) is 45.8 Å². The number of hydrogen-bond donors (Lipinski definition) is 0. The van der Waals surface area contributed by atoms with Gasteiger partial charge in [-0.05, 0) is 19.1 Å². The van der Waals surface area contributed by atoms with Gasteiger partial charge in [-0.3, -0.25) is 4.79 Å². The quantitative estimate of drug-likeness (QED) is 0.524. The predicted molar refractivity (Wildman–Crippen MR) is 104 cm³/mol. The number of methoxy groups -OCH3 is 1. The average molecular weight is 396 g/mol. The molecule has 3 heterocycles. The van der Waals surface area contributed by atoms with Gasteiger partial charge in [0.05, 0.1) is 17.3 Å². The fraction of sp³-hybridized carbons (Fsp3) is 0.200. The molecule has 0 spiro atoms. The van der Waals surface area contributed by atoms with Gasteiger partial charge in [-0.25, -0.2) is 0 Å². The molecule has 4 aromatic rings. The molecule has 8 heteroatoms. The number of hydrogen-bond acceptors (Lipinski definition) is 6. The molecule has 0 saturated carbocycles. The number of ether oxygens (including phenoxy) is 3. The number of furan rings is 1. The van der Waals surface area contributed by atoms with Crippen molar-refractivity contribution in [3.05, 3.63) is 47.0 Å². The largest absolute Gasteiger partial charge is 0.493 e. The maximum Gasteiger partial charge on any atom is 0.315 e. The van der Waals surface area contributed by atoms with Gasteiger partial charge < -0.3 is 23.2 Å². The Labute approximate surface area is 163 Å². The lowest BCUT2D eigenvalue weighted by Gasteiger charge is -2.01. The van der Waals surface area contributed by atoms with Gasteiger partial charge in [0.2, 0.25) is 6.79 Å². The summed E-state index contributed by atoms with van der Waals surface area (Å²) < 4.78 is 24.9. The average Bonchev–Trinajstić information content (AvgIpc) is 3.41. The third-order valence-corrected chi connectivity index (χ3v) is 5.67. The monoisotopic (exact) mass is 396 g/mol. The van der Waals surface area contributed by atoms with Crippen LogP contribution < -0.4 is 19.0 Å². The number of aromatic nitrogens is 1. The molecule has 2 aromatic heterocycles. The Morgan fingerprint density at radius 1 is 1.25 bits per heavy atom. The van der Waals surface area contributed by atoms with Crippen molar-refractivity contribution in [1.82, 2.24) is 4.57 Å². The maximum atomic E-state index is 12.8. The lowest BCUT2D eigenvalue weighted by Crippen LogP contribution is -2.15. The Bertz CT molecular complexity index is 1300. The fourth-order valence-corrected chi connectivity index (χ4v) is 4.40. The molecule has 0 saturated heterocycles. The van der Waals surface area contributed by atoms with Gasteiger partial charge in [0.25, 0.3) is 0 Å². The summed E-state index contributed by atoms with van der Waals surface area (Å²) in [5.74, 6) is 1.73. The Morgan fingerprint density at radius 2 is 2.07 bits per heavy atom. The van der Waals surface area contributed by atoms with E-state index in [-0.39, 0.29) is 12.6 Å². The number of thiazole rings is 1. The standard InChI is InChI=1S/C20H16N2O5S/c1-3-22-12-8-14-15(26-10-25-14)9-17(12)28-20(22)21-19(23)16-7-11-5-4-6-13(24-2)18(11)27-16/h4-9H,3,10H2,1-2H3. The summed E-state index contributed by atoms with van der Waals surface area (Å²) >= 11 is 1.43. The molecular weight excluding hydrogens is 380 g/mol. The normalized spacial score (nSPS) is 13.6. The highest BCUT2D eigenvalue weighted by Crippen LogP contribution is 2.37. The van der Waals surface area contributed by atoms with Crippen LogP contribution in [-0.4, -0.2) is 24.4 Å². The predicted octanol–water partition coefficient (Wildman–Crippen LogP) is 3.95. The van der Waals surface area contributed by atoms with Crippen molar-refractivity contribution in [2.75, 3.05) is 13.9 Å². The molecule has 142 valence electrons. The van der Waals surface area contributed by atoms with Gasteiger partial charge in [0, 0.05) is 24.1 Å². The number of rotatable bonds is 3. The third kappa shape index (κ3) is 2.56. The molecule has 0 aliphatic carbocycles. The van der Waals surface area contributed by atoms with Crippen molar-refractivity contribution in [2.24, 2.45) is 4.99 Å². The van der Waals surface area contributed by atoms with E-state index in [9.17, 15) is 4.79 Å². The molecule has 0 N–H and O–H groups in total. The zero-order valence-corrected chi connectivity index (χ0v) is 16.0. The van der Waals surface area contributed by atoms with Gasteiger partial charge in [-0.1, -0.05) is 23.5 Å². The number of carbonyl (C=O) groups excluding carboxylic acids is 1. The number of nitrogens with zero attached hydrogens (tertiary/aromatic N) is 2. The summed E-state index contributed by atoms with van der Waals surface area (Å²) in [5.41, 5.74) is 1.49. The summed E-state index contributed by atoms with van der Waals surface area (Å²) in [6, 6.07) is 11.0. The lowest BCUT2D eigenvalue weighted by molar-refractivity contribution is 0.0973. The number of carbonyl (C=O) groups is 1. The molecule has 1 aliphatic heterocycles. The second-order valence-corrected chi connectivity index (χ2v) is 7.22. The van der Waals surface area contributed by atoms with Gasteiger partial charge in [0.15, 0.2) is 33.4 Å². The smallest absolute Gasteiger partial charge is 0.315 e. The van der Waals surface area contributed by atoms with Gasteiger partial charge >= 0.3 is 5.91 Å². The van der Waals surface area contributed by atoms with E-state index in [1.54, 1.807) is 19.2 Å². The Morgan fingerprint density at radius 3 is 2.86 bits per heavy atom. The van der Waals surface area contributed by atoms with E-state index < -0.39 is 5.91 Å². The van der Waals surface area contributed by atoms with Crippen LogP contribution >= 0.6 is 11.3 Å². The molecule has 0 unspecified atom stereocenters. The van der Waals surface area contributed by atoms with Crippen LogP contribution in [0, 0.1) is 0 Å². The van der Waals surface area contributed by atoms with Crippen LogP contribution in [0.2, 0.25) is 0 Å². The molecular formula is C20H16N2O5S. The minimum atomic E-state index is -0.438. The zero-order chi connectivity index (χ0) is 19.3. The van der Waals surface area contributed by atoms with E-state index >= 15 is 0 Å². The number of aryl methyl sites for hydroxylation is 1. The number of para-hydroxylation sites is 1. The molecule has 1 amide bonds. The Hall–Kier alpha value is -3.26. The molecule has 1 aliphatic rings. The molecule has 0 bridgehead atoms. The van der Waals surface area contributed by atoms with E-state index in [0.29, 0.717) is 34.2 Å². The van der Waals surface area contributed by atoms with Crippen molar-refractivity contribution >= 4 is 38.4 Å². The molecule has 28 heavy (non-hydrogen) atoms. The number of amides is 1. The van der Waals surface area contributed by atoms with Gasteiger partial charge in [-0.15, -0.1) is 0 Å². The lowest BCUT2D eigenvalue weighted by atomic mass is 10.2. The van der Waals surface area contributed by atoms with Crippen LogP contribution in [0.1, 0.15) is 17.5 Å². The van der Waals surface area contributed by atoms with E-state index in [1.807, 2.05) is 35.8 Å². The molecule has 7 nitrogen and oxygen atoms in total. The second kappa shape index (κ2) is 6.42. The van der Waals surface area contributed by atoms with Crippen molar-refractivity contribution in [2.45, 2.75) is 13.5 Å². The van der Waals surface area contributed by atoms with Crippen molar-refractivity contribution in [3.63, 3.8) is 0 Å². The number of fused-ring (bicyclic) bond motifs is 3. The highest BCUT2D eigenvalue weighted by atomic mass is 32.1. The van der Waals surface area contributed by atoms with Crippen LogP contribution in [0.3, 0.4) is 0 Å². The fourth-order valence-electron chi connectivity index (χ4n) is 3.29. The maximum absolute atomic E-state index is 12.8. The first-order valence-electron chi connectivity index (χ1n) is 8.76. The van der Waals surface area contributed by atoms with Crippen LogP contribution in [0.4, 0.5) is 0 Å². The minimum absolute atomic E-state index is 0.175. The summed E-state index contributed by atoms with van der Waals surface area (Å²) in [7, 11) is 1.56. The topological polar surface area (TPSA) is 75.2 Å². The van der Waals surface area contributed by atoms with Crippen molar-refractivity contribution < 1.29 is 23.4 Å². The molecule has 0 atom stereocenters. The molecule has 2 aromatic carbocycles. The Balaban J connectivity index is 1.62. The number of benzene rings is 2. The third-order valence-electron chi connectivity index (χ3n) is 4.63. The first-order chi connectivity index (χ1) is 13.7. The zero-order valence-electron chi connectivity index (χ0n) is 15.2. The minimum Gasteiger partial charge on any atom is -0.493 e. The van der Waals surface area contributed by atoms with E-state index in [2.05, 4.69) is 4.99 Å². The molecule has 5 rings (SSSR count). The highest BCUT2D eigenvalue weighted by molar-refractivity contribution is 7.16. The summed E-state index contributed by atoms with van der Waals surface area (Å²) in [5, 5.41) is 0.795. The van der Waals surface area contributed by atoms with Crippen molar-refractivity contribution in [1.29, 1.82) is 0 Å². The summed E-state index contributed by atoms with van der Waals surface area (Å²) in [4.78, 5) is 17.7. The first-order valence-corrected chi connectivity index (χ1v) is 9.58. The molecule has 0 fully saturated rings.